The highest BCUT2D eigenvalue weighted by Crippen LogP contribution is 2.57. The minimum atomic E-state index is -5.95. The van der Waals surface area contributed by atoms with Gasteiger partial charge in [-0.3, -0.25) is 23.2 Å². The van der Waals surface area contributed by atoms with Gasteiger partial charge in [-0.2, -0.15) is 0 Å². The first-order valence-electron chi connectivity index (χ1n) is 32.7. The molecule has 12 atom stereocenters. The molecule has 2 rings (SSSR count). The van der Waals surface area contributed by atoms with Crippen LogP contribution in [0.5, 0.6) is 0 Å². The van der Waals surface area contributed by atoms with Crippen molar-refractivity contribution in [2.45, 2.75) is 294 Å². The fourth-order valence-corrected chi connectivity index (χ4v) is 12.4. The standard InChI is InChI=1S/C71H117NO17P2/c1-49(2)26-16-27-50(3)28-17-29-51(4)30-18-31-52(5)32-19-33-53(6)34-20-35-54(7)36-21-37-55(8)38-22-39-56(9)40-23-41-57(10)42-24-43-58(11)44-25-45-59(12)46-47-83-90(79,80)89-91(81,82)88-70-64(72-61(14)74)68(66(77)63(48-73)86-70)87-71-69(85-62(15)75)67(78)65(76)60(13)84-71/h26,28,30,32,34,36,38,40,42,44,46,60,63-71,73,76-78H,16-25,27,29,31,33,35,37,39,41,43,45,47-48H2,1-15H3,(H,72,74)(H,79,80)(H,81,82)/p-2/b50-28+,51-30+,52-32+,53-34+,54-36+,55-38+,56-40+,57-42+,58-44+,59-46+. The highest BCUT2D eigenvalue weighted by molar-refractivity contribution is 7.59. The molecule has 0 aromatic carbocycles. The first-order chi connectivity index (χ1) is 42.8. The van der Waals surface area contributed by atoms with Crippen LogP contribution in [0.3, 0.4) is 0 Å². The summed E-state index contributed by atoms with van der Waals surface area (Å²) in [5, 5.41) is 44.4. The summed E-state index contributed by atoms with van der Waals surface area (Å²) in [7, 11) is -11.6. The van der Waals surface area contributed by atoms with Crippen LogP contribution in [0.15, 0.2) is 128 Å². The van der Waals surface area contributed by atoms with Crippen molar-refractivity contribution in [2.75, 3.05) is 13.2 Å². The normalized spacial score (nSPS) is 25.3. The number of hydrogen-bond donors (Lipinski definition) is 5. The Kier molecular flexibility index (Phi) is 40.8. The van der Waals surface area contributed by atoms with Crippen LogP contribution >= 0.6 is 15.6 Å². The monoisotopic (exact) mass is 1320 g/mol. The molecule has 518 valence electrons. The Hall–Kier alpha value is -3.94. The van der Waals surface area contributed by atoms with E-state index in [0.29, 0.717) is 12.8 Å². The van der Waals surface area contributed by atoms with Gasteiger partial charge in [0.1, 0.15) is 36.6 Å². The van der Waals surface area contributed by atoms with Crippen molar-refractivity contribution < 1.29 is 81.2 Å². The predicted molar refractivity (Wildman–Crippen MR) is 359 cm³/mol. The summed E-state index contributed by atoms with van der Waals surface area (Å²) in [6.45, 7) is 28.0. The zero-order valence-electron chi connectivity index (χ0n) is 57.7. The van der Waals surface area contributed by atoms with E-state index in [0.717, 1.165) is 135 Å². The number of carbonyl (C=O) groups excluding carboxylic acids is 2. The number of amides is 1. The summed E-state index contributed by atoms with van der Waals surface area (Å²) in [6.07, 6.45) is 30.4. The highest BCUT2D eigenvalue weighted by Gasteiger charge is 2.53. The van der Waals surface area contributed by atoms with Crippen molar-refractivity contribution in [1.29, 1.82) is 0 Å². The second-order valence-corrected chi connectivity index (χ2v) is 28.3. The summed E-state index contributed by atoms with van der Waals surface area (Å²) in [4.78, 5) is 50.0. The molecule has 1 amide bonds. The molecule has 2 heterocycles. The van der Waals surface area contributed by atoms with E-state index in [1.165, 1.54) is 68.7 Å². The Morgan fingerprint density at radius 1 is 0.462 bits per heavy atom. The van der Waals surface area contributed by atoms with Crippen LogP contribution in [0.2, 0.25) is 0 Å². The number of hydrogen-bond acceptors (Lipinski definition) is 17. The molecule has 20 heteroatoms. The molecule has 0 aromatic rings. The van der Waals surface area contributed by atoms with E-state index < -0.39 is 102 Å². The van der Waals surface area contributed by atoms with Crippen LogP contribution in [-0.2, 0) is 51.0 Å². The van der Waals surface area contributed by atoms with Crippen LogP contribution in [-0.4, -0.2) is 107 Å². The zero-order valence-corrected chi connectivity index (χ0v) is 59.5. The predicted octanol–water partition coefficient (Wildman–Crippen LogP) is 14.6. The van der Waals surface area contributed by atoms with Crippen molar-refractivity contribution in [3.8, 4) is 0 Å². The van der Waals surface area contributed by atoms with Crippen LogP contribution in [0, 0.1) is 0 Å². The Morgan fingerprint density at radius 2 is 0.802 bits per heavy atom. The number of allylic oxidation sites excluding steroid dienone is 21. The topological polar surface area (TPSA) is 272 Å². The maximum atomic E-state index is 13.1. The van der Waals surface area contributed by atoms with E-state index in [1.807, 2.05) is 0 Å². The molecule has 0 radical (unpaired) electrons. The van der Waals surface area contributed by atoms with Gasteiger partial charge < -0.3 is 59.0 Å². The fraction of sp³-hybridized carbons (Fsp3) is 0.662. The van der Waals surface area contributed by atoms with Gasteiger partial charge in [0, 0.05) is 13.8 Å². The molecular formula is C71H115NO17P2-2. The lowest BCUT2D eigenvalue weighted by molar-refractivity contribution is -0.340. The smallest absolute Gasteiger partial charge is 0.303 e. The summed E-state index contributed by atoms with van der Waals surface area (Å²) < 4.78 is 61.9. The van der Waals surface area contributed by atoms with Crippen LogP contribution in [0.1, 0.15) is 232 Å². The van der Waals surface area contributed by atoms with Gasteiger partial charge in [0.2, 0.25) is 5.91 Å². The SMILES string of the molecule is CC(=O)NC1C(OP(=O)([O-])OP(=O)([O-])OC/C=C(\C)CC/C=C(\C)CC/C=C(\C)CC/C=C(\C)CC/C=C(\C)CC/C=C(\C)CC/C=C(\C)CC/C=C(\C)CC/C=C(\C)CC/C=C(\C)CCC=C(C)C)OC(CO)C(O)C1OC1OC(C)C(O)C(O)C1OC(C)=O. The number of aliphatic hydroxyl groups is 4. The van der Waals surface area contributed by atoms with Crippen molar-refractivity contribution in [1.82, 2.24) is 5.32 Å². The summed E-state index contributed by atoms with van der Waals surface area (Å²) in [5.74, 6) is -1.75. The van der Waals surface area contributed by atoms with Gasteiger partial charge in [-0.1, -0.05) is 128 Å². The molecule has 2 aliphatic rings. The van der Waals surface area contributed by atoms with E-state index in [1.54, 1.807) is 6.92 Å². The number of ether oxygens (including phenoxy) is 4. The van der Waals surface area contributed by atoms with Crippen LogP contribution in [0.4, 0.5) is 0 Å². The molecule has 0 bridgehead atoms. The van der Waals surface area contributed by atoms with Gasteiger partial charge in [-0.15, -0.1) is 0 Å². The van der Waals surface area contributed by atoms with E-state index in [2.05, 4.69) is 147 Å². The largest absolute Gasteiger partial charge is 0.756 e. The quantitative estimate of drug-likeness (QED) is 0.0216. The Labute approximate surface area is 546 Å². The molecule has 2 saturated heterocycles. The summed E-state index contributed by atoms with van der Waals surface area (Å²) >= 11 is 0. The molecule has 0 spiro atoms. The van der Waals surface area contributed by atoms with Crippen LogP contribution < -0.4 is 15.1 Å². The number of nitrogens with one attached hydrogen (secondary N) is 1. The third-order valence-electron chi connectivity index (χ3n) is 16.1. The molecule has 2 fully saturated rings. The molecule has 5 N–H and O–H groups in total. The van der Waals surface area contributed by atoms with Gasteiger partial charge in [-0.25, -0.2) is 4.31 Å². The van der Waals surface area contributed by atoms with Crippen molar-refractivity contribution >= 4 is 27.5 Å². The minimum absolute atomic E-state index is 0.565. The number of carbonyl (C=O) groups is 2. The van der Waals surface area contributed by atoms with E-state index in [4.69, 9.17) is 28.0 Å². The van der Waals surface area contributed by atoms with Gasteiger partial charge >= 0.3 is 5.97 Å². The second-order valence-electron chi connectivity index (χ2n) is 25.4. The molecule has 0 saturated carbocycles. The molecule has 18 nitrogen and oxygen atoms in total. The van der Waals surface area contributed by atoms with Crippen molar-refractivity contribution in [3.63, 3.8) is 0 Å². The lowest BCUT2D eigenvalue weighted by Gasteiger charge is -2.48. The molecular weight excluding hydrogens is 1200 g/mol. The summed E-state index contributed by atoms with van der Waals surface area (Å²) in [5.41, 5.74) is 15.1. The molecule has 0 aromatic heterocycles. The lowest BCUT2D eigenvalue weighted by Crippen LogP contribution is -2.68. The second kappa shape index (κ2) is 44.7. The third-order valence-corrected chi connectivity index (χ3v) is 18.6. The van der Waals surface area contributed by atoms with Crippen molar-refractivity contribution in [2.24, 2.45) is 0 Å². The zero-order chi connectivity index (χ0) is 68.3. The Balaban J connectivity index is 1.72. The maximum Gasteiger partial charge on any atom is 0.303 e. The number of phosphoric acid groups is 2. The number of rotatable bonds is 42. The average molecular weight is 1320 g/mol. The van der Waals surface area contributed by atoms with Gasteiger partial charge in [-0.05, 0) is 218 Å². The van der Waals surface area contributed by atoms with E-state index in [9.17, 15) is 48.9 Å². The molecule has 12 unspecified atom stereocenters. The highest BCUT2D eigenvalue weighted by atomic mass is 31.3. The maximum absolute atomic E-state index is 13.1. The fourth-order valence-electron chi connectivity index (χ4n) is 10.4. The minimum Gasteiger partial charge on any atom is -0.756 e. The van der Waals surface area contributed by atoms with Gasteiger partial charge in [0.05, 0.1) is 19.3 Å². The first kappa shape index (κ1) is 83.2. The number of phosphoric ester groups is 2. The van der Waals surface area contributed by atoms with E-state index in [-0.39, 0.29) is 0 Å². The molecule has 2 aliphatic heterocycles. The first-order valence-corrected chi connectivity index (χ1v) is 35.7. The Bertz CT molecular complexity index is 2690. The summed E-state index contributed by atoms with van der Waals surface area (Å²) in [6, 6.07) is -1.80. The average Bonchev–Trinajstić information content (AvgIpc) is 0.795. The number of aliphatic hydroxyl groups excluding tert-OH is 4. The van der Waals surface area contributed by atoms with Gasteiger partial charge in [0.15, 0.2) is 18.7 Å². The molecule has 0 aliphatic carbocycles. The number of esters is 1. The van der Waals surface area contributed by atoms with Crippen LogP contribution in [0.25, 0.3) is 0 Å². The Morgan fingerprint density at radius 3 is 1.12 bits per heavy atom. The molecule has 91 heavy (non-hydrogen) atoms. The van der Waals surface area contributed by atoms with Gasteiger partial charge in [0.25, 0.3) is 15.6 Å². The third kappa shape index (κ3) is 37.1. The van der Waals surface area contributed by atoms with Crippen molar-refractivity contribution in [3.05, 3.63) is 128 Å². The lowest BCUT2D eigenvalue weighted by atomic mass is 9.95. The van der Waals surface area contributed by atoms with E-state index >= 15 is 0 Å².